The van der Waals surface area contributed by atoms with Gasteiger partial charge in [-0.25, -0.2) is 0 Å². The number of fused-ring (bicyclic) bond motifs is 1. The van der Waals surface area contributed by atoms with Gasteiger partial charge in [-0.1, -0.05) is 11.3 Å². The Morgan fingerprint density at radius 3 is 2.65 bits per heavy atom. The fourth-order valence-electron chi connectivity index (χ4n) is 2.93. The van der Waals surface area contributed by atoms with E-state index in [4.69, 9.17) is 5.73 Å². The Morgan fingerprint density at radius 1 is 1.35 bits per heavy atom. The Morgan fingerprint density at radius 2 is 2.08 bits per heavy atom. The zero-order valence-corrected chi connectivity index (χ0v) is 15.9. The molecule has 0 aliphatic carbocycles. The number of nitrogens with zero attached hydrogens (tertiary/aromatic N) is 2. The lowest BCUT2D eigenvalue weighted by Crippen LogP contribution is -2.35. The lowest BCUT2D eigenvalue weighted by Gasteiger charge is -2.30. The molecule has 0 radical (unpaired) electrons. The monoisotopic (exact) mass is 394 g/mol. The molecule has 2 amide bonds. The molecule has 26 heavy (non-hydrogen) atoms. The Bertz CT molecular complexity index is 887. The second kappa shape index (κ2) is 7.14. The van der Waals surface area contributed by atoms with E-state index in [1.807, 2.05) is 0 Å². The van der Waals surface area contributed by atoms with Gasteiger partial charge in [0.05, 0.1) is 15.4 Å². The average molecular weight is 394 g/mol. The number of primary amides is 1. The molecule has 0 aromatic carbocycles. The van der Waals surface area contributed by atoms with Crippen LogP contribution in [0.2, 0.25) is 0 Å². The number of hydrogen-bond acceptors (Lipinski definition) is 7. The molecule has 2 aromatic heterocycles. The molecule has 1 aliphatic rings. The molecule has 0 unspecified atom stereocenters. The fourth-order valence-corrected chi connectivity index (χ4v) is 4.91. The van der Waals surface area contributed by atoms with Crippen LogP contribution in [0.15, 0.2) is 12.1 Å². The van der Waals surface area contributed by atoms with Crippen molar-refractivity contribution in [3.05, 3.63) is 43.1 Å². The molecule has 0 saturated carbocycles. The molecule has 1 aliphatic heterocycles. The molecule has 8 nitrogen and oxygen atoms in total. The van der Waals surface area contributed by atoms with Crippen molar-refractivity contribution in [1.29, 1.82) is 0 Å². The van der Waals surface area contributed by atoms with Gasteiger partial charge in [-0.15, -0.1) is 11.3 Å². The number of nitro groups is 1. The molecule has 10 heteroatoms. The van der Waals surface area contributed by atoms with Gasteiger partial charge in [-0.2, -0.15) is 0 Å². The number of anilines is 1. The summed E-state index contributed by atoms with van der Waals surface area (Å²) < 4.78 is 0. The van der Waals surface area contributed by atoms with Crippen molar-refractivity contribution in [1.82, 2.24) is 4.90 Å². The van der Waals surface area contributed by atoms with Crippen LogP contribution in [0, 0.1) is 10.1 Å². The third-order valence-corrected chi connectivity index (χ3v) is 6.45. The van der Waals surface area contributed by atoms with Crippen LogP contribution in [-0.4, -0.2) is 34.2 Å². The molecular formula is C16H18N4O4S2. The predicted octanol–water partition coefficient (Wildman–Crippen LogP) is 2.84. The summed E-state index contributed by atoms with van der Waals surface area (Å²) in [5, 5.41) is 13.8. The maximum absolute atomic E-state index is 12.4. The van der Waals surface area contributed by atoms with Crippen LogP contribution in [-0.2, 0) is 13.0 Å². The number of amides is 2. The van der Waals surface area contributed by atoms with E-state index >= 15 is 0 Å². The van der Waals surface area contributed by atoms with Crippen molar-refractivity contribution >= 4 is 44.5 Å². The van der Waals surface area contributed by atoms with E-state index in [2.05, 4.69) is 24.1 Å². The zero-order valence-electron chi connectivity index (χ0n) is 14.3. The lowest BCUT2D eigenvalue weighted by molar-refractivity contribution is -0.380. The molecule has 3 N–H and O–H groups in total. The highest BCUT2D eigenvalue weighted by Gasteiger charge is 2.29. The Labute approximate surface area is 157 Å². The van der Waals surface area contributed by atoms with Crippen LogP contribution in [0.3, 0.4) is 0 Å². The molecule has 0 fully saturated rings. The van der Waals surface area contributed by atoms with Crippen molar-refractivity contribution in [2.45, 2.75) is 32.9 Å². The van der Waals surface area contributed by atoms with Crippen molar-refractivity contribution < 1.29 is 14.5 Å². The van der Waals surface area contributed by atoms with Crippen molar-refractivity contribution in [3.8, 4) is 0 Å². The number of carbonyl (C=O) groups is 2. The van der Waals surface area contributed by atoms with Crippen LogP contribution in [0.1, 0.15) is 44.3 Å². The van der Waals surface area contributed by atoms with E-state index in [0.717, 1.165) is 28.3 Å². The molecule has 0 bridgehead atoms. The average Bonchev–Trinajstić information content (AvgIpc) is 3.18. The summed E-state index contributed by atoms with van der Waals surface area (Å²) in [6.07, 6.45) is 0.697. The molecule has 0 atom stereocenters. The first kappa shape index (κ1) is 18.5. The summed E-state index contributed by atoms with van der Waals surface area (Å²) in [6, 6.07) is 3.07. The van der Waals surface area contributed by atoms with Gasteiger partial charge in [-0.3, -0.25) is 24.6 Å². The van der Waals surface area contributed by atoms with Crippen molar-refractivity contribution in [2.75, 3.05) is 11.9 Å². The molecule has 3 rings (SSSR count). The molecule has 0 spiro atoms. The van der Waals surface area contributed by atoms with Gasteiger partial charge < -0.3 is 11.1 Å². The summed E-state index contributed by atoms with van der Waals surface area (Å²) in [5.74, 6) is -1.06. The fraction of sp³-hybridized carbons (Fsp3) is 0.375. The van der Waals surface area contributed by atoms with Gasteiger partial charge in [0.1, 0.15) is 5.00 Å². The van der Waals surface area contributed by atoms with Crippen LogP contribution >= 0.6 is 22.7 Å². The third-order valence-electron chi connectivity index (χ3n) is 4.29. The summed E-state index contributed by atoms with van der Waals surface area (Å²) >= 11 is 2.13. The summed E-state index contributed by atoms with van der Waals surface area (Å²) in [5.41, 5.74) is 6.80. The first-order chi connectivity index (χ1) is 12.3. The normalized spacial score (nSPS) is 14.3. The zero-order chi connectivity index (χ0) is 19.0. The van der Waals surface area contributed by atoms with E-state index in [1.54, 1.807) is 0 Å². The highest BCUT2D eigenvalue weighted by molar-refractivity contribution is 7.18. The number of nitrogens with one attached hydrogen (secondary N) is 1. The maximum Gasteiger partial charge on any atom is 0.324 e. The number of thiophene rings is 2. The number of carbonyl (C=O) groups excluding carboxylic acids is 2. The molecule has 3 heterocycles. The smallest absolute Gasteiger partial charge is 0.324 e. The van der Waals surface area contributed by atoms with Crippen molar-refractivity contribution in [3.63, 3.8) is 0 Å². The lowest BCUT2D eigenvalue weighted by atomic mass is 10.0. The van der Waals surface area contributed by atoms with Gasteiger partial charge >= 0.3 is 5.00 Å². The Hall–Kier alpha value is -2.30. The highest BCUT2D eigenvalue weighted by Crippen LogP contribution is 2.38. The van der Waals surface area contributed by atoms with Crippen LogP contribution in [0.25, 0.3) is 0 Å². The first-order valence-electron chi connectivity index (χ1n) is 8.02. The quantitative estimate of drug-likeness (QED) is 0.597. The van der Waals surface area contributed by atoms with E-state index in [-0.39, 0.29) is 9.88 Å². The van der Waals surface area contributed by atoms with Crippen LogP contribution in [0.4, 0.5) is 10.0 Å². The van der Waals surface area contributed by atoms with Gasteiger partial charge in [0.2, 0.25) is 0 Å². The summed E-state index contributed by atoms with van der Waals surface area (Å²) in [4.78, 5) is 38.1. The molecule has 2 aromatic rings. The molecular weight excluding hydrogens is 376 g/mol. The van der Waals surface area contributed by atoms with E-state index in [9.17, 15) is 19.7 Å². The number of hydrogen-bond donors (Lipinski definition) is 2. The van der Waals surface area contributed by atoms with Crippen LogP contribution < -0.4 is 11.1 Å². The van der Waals surface area contributed by atoms with Gasteiger partial charge in [0.25, 0.3) is 11.8 Å². The maximum atomic E-state index is 12.4. The van der Waals surface area contributed by atoms with Gasteiger partial charge in [0.15, 0.2) is 0 Å². The minimum absolute atomic E-state index is 0.108. The van der Waals surface area contributed by atoms with Crippen molar-refractivity contribution in [2.24, 2.45) is 5.73 Å². The first-order valence-corrected chi connectivity index (χ1v) is 9.65. The van der Waals surface area contributed by atoms with E-state index < -0.39 is 16.7 Å². The predicted molar refractivity (Wildman–Crippen MR) is 101 cm³/mol. The minimum atomic E-state index is -0.576. The third kappa shape index (κ3) is 3.48. The topological polar surface area (TPSA) is 119 Å². The molecule has 138 valence electrons. The second-order valence-electron chi connectivity index (χ2n) is 6.24. The Kier molecular flexibility index (Phi) is 5.08. The molecule has 0 saturated heterocycles. The van der Waals surface area contributed by atoms with Gasteiger partial charge in [-0.05, 0) is 31.9 Å². The van der Waals surface area contributed by atoms with Gasteiger partial charge in [0, 0.05) is 30.1 Å². The number of rotatable bonds is 5. The number of nitrogens with two attached hydrogens (primary N) is 1. The van der Waals surface area contributed by atoms with Crippen LogP contribution in [0.5, 0.6) is 0 Å². The highest BCUT2D eigenvalue weighted by atomic mass is 32.1. The SMILES string of the molecule is CC(C)N1CCc2c(sc(NC(=O)c3ccc([N+](=O)[O-])s3)c2C(N)=O)C1. The summed E-state index contributed by atoms with van der Waals surface area (Å²) in [7, 11) is 0. The summed E-state index contributed by atoms with van der Waals surface area (Å²) in [6.45, 7) is 5.75. The minimum Gasteiger partial charge on any atom is -0.365 e. The Balaban J connectivity index is 1.88. The van der Waals surface area contributed by atoms with E-state index in [0.29, 0.717) is 29.6 Å². The largest absolute Gasteiger partial charge is 0.365 e. The van der Waals surface area contributed by atoms with E-state index in [1.165, 1.54) is 23.5 Å². The second-order valence-corrected chi connectivity index (χ2v) is 8.40. The standard InChI is InChI=1S/C16H18N4O4S2/c1-8(2)19-6-5-9-11(7-19)26-16(13(9)14(17)21)18-15(22)10-3-4-12(25-10)20(23)24/h3-4,8H,5-7H2,1-2H3,(H2,17,21)(H,18,22).